The molecule has 5 rings (SSSR count). The Balaban J connectivity index is 1.69. The summed E-state index contributed by atoms with van der Waals surface area (Å²) < 4.78 is 5.74. The highest BCUT2D eigenvalue weighted by atomic mass is 16.5. The smallest absolute Gasteiger partial charge is 0.119 e. The molecule has 1 aromatic heterocycles. The van der Waals surface area contributed by atoms with Crippen LogP contribution in [0.25, 0.3) is 32.9 Å². The van der Waals surface area contributed by atoms with Gasteiger partial charge < -0.3 is 4.74 Å². The Labute approximate surface area is 159 Å². The molecule has 1 aliphatic carbocycles. The van der Waals surface area contributed by atoms with Crippen molar-refractivity contribution < 1.29 is 4.74 Å². The standard InChI is InChI=1S/C25H23NO/c1-2-16-27-19-13-10-18(11-14-19)25-22-9-5-8-21(22)24-20-7-4-3-6-17(20)12-15-23(24)26-25/h3-4,6-7,10-15H,2,5,8-9,16H2,1H3. The summed E-state index contributed by atoms with van der Waals surface area (Å²) in [4.78, 5) is 5.12. The molecule has 0 amide bonds. The van der Waals surface area contributed by atoms with Crippen molar-refractivity contribution in [3.8, 4) is 17.0 Å². The molecular formula is C25H23NO. The summed E-state index contributed by atoms with van der Waals surface area (Å²) in [6.07, 6.45) is 4.50. The van der Waals surface area contributed by atoms with Crippen LogP contribution in [-0.2, 0) is 12.8 Å². The molecule has 0 N–H and O–H groups in total. The van der Waals surface area contributed by atoms with Crippen LogP contribution in [0.4, 0.5) is 0 Å². The Hall–Kier alpha value is -2.87. The molecule has 2 nitrogen and oxygen atoms in total. The zero-order valence-corrected chi connectivity index (χ0v) is 15.7. The molecule has 0 aliphatic heterocycles. The number of aromatic nitrogens is 1. The second-order valence-corrected chi connectivity index (χ2v) is 7.32. The Kier molecular flexibility index (Phi) is 4.05. The summed E-state index contributed by atoms with van der Waals surface area (Å²) in [5.41, 5.74) is 6.37. The van der Waals surface area contributed by atoms with Crippen LogP contribution in [0.2, 0.25) is 0 Å². The molecule has 3 aromatic carbocycles. The maximum Gasteiger partial charge on any atom is 0.119 e. The van der Waals surface area contributed by atoms with Gasteiger partial charge in [-0.2, -0.15) is 0 Å². The fraction of sp³-hybridized carbons (Fsp3) is 0.240. The maximum atomic E-state index is 5.74. The number of benzene rings is 3. The minimum absolute atomic E-state index is 0.760. The summed E-state index contributed by atoms with van der Waals surface area (Å²) in [7, 11) is 0. The first-order valence-corrected chi connectivity index (χ1v) is 9.91. The third kappa shape index (κ3) is 2.76. The summed E-state index contributed by atoms with van der Waals surface area (Å²) in [5, 5.41) is 3.98. The third-order valence-corrected chi connectivity index (χ3v) is 5.55. The van der Waals surface area contributed by atoms with Gasteiger partial charge in [0, 0.05) is 10.9 Å². The maximum absolute atomic E-state index is 5.74. The first kappa shape index (κ1) is 16.3. The highest BCUT2D eigenvalue weighted by Crippen LogP contribution is 2.39. The zero-order chi connectivity index (χ0) is 18.2. The van der Waals surface area contributed by atoms with Crippen LogP contribution in [0, 0.1) is 0 Å². The van der Waals surface area contributed by atoms with E-state index in [2.05, 4.69) is 67.6 Å². The molecule has 134 valence electrons. The molecule has 27 heavy (non-hydrogen) atoms. The van der Waals surface area contributed by atoms with Gasteiger partial charge in [-0.3, -0.25) is 0 Å². The normalized spacial score (nSPS) is 13.2. The lowest BCUT2D eigenvalue weighted by Gasteiger charge is -2.14. The number of hydrogen-bond acceptors (Lipinski definition) is 2. The van der Waals surface area contributed by atoms with Crippen LogP contribution in [0.15, 0.2) is 60.7 Å². The number of hydrogen-bond donors (Lipinski definition) is 0. The number of nitrogens with zero attached hydrogens (tertiary/aromatic N) is 1. The Bertz CT molecular complexity index is 1130. The van der Waals surface area contributed by atoms with Gasteiger partial charge in [0.1, 0.15) is 5.75 Å². The van der Waals surface area contributed by atoms with Crippen LogP contribution < -0.4 is 4.74 Å². The first-order chi connectivity index (χ1) is 13.3. The van der Waals surface area contributed by atoms with E-state index in [1.165, 1.54) is 39.3 Å². The van der Waals surface area contributed by atoms with Gasteiger partial charge in [0.05, 0.1) is 17.8 Å². The zero-order valence-electron chi connectivity index (χ0n) is 15.7. The van der Waals surface area contributed by atoms with E-state index in [1.807, 2.05) is 0 Å². The Morgan fingerprint density at radius 2 is 1.70 bits per heavy atom. The molecule has 0 saturated heterocycles. The molecule has 2 heteroatoms. The molecular weight excluding hydrogens is 330 g/mol. The van der Waals surface area contributed by atoms with Crippen molar-refractivity contribution in [2.45, 2.75) is 32.6 Å². The lowest BCUT2D eigenvalue weighted by atomic mass is 9.95. The van der Waals surface area contributed by atoms with Gasteiger partial charge in [0.15, 0.2) is 0 Å². The number of pyridine rings is 1. The molecule has 0 radical (unpaired) electrons. The van der Waals surface area contributed by atoms with Crippen LogP contribution in [0.3, 0.4) is 0 Å². The topological polar surface area (TPSA) is 22.1 Å². The van der Waals surface area contributed by atoms with Gasteiger partial charge in [0.2, 0.25) is 0 Å². The van der Waals surface area contributed by atoms with Gasteiger partial charge in [-0.25, -0.2) is 4.98 Å². The summed E-state index contributed by atoms with van der Waals surface area (Å²) in [6, 6.07) is 21.5. The highest BCUT2D eigenvalue weighted by Gasteiger charge is 2.21. The van der Waals surface area contributed by atoms with Gasteiger partial charge in [-0.1, -0.05) is 37.3 Å². The average Bonchev–Trinajstić information content (AvgIpc) is 3.21. The van der Waals surface area contributed by atoms with Crippen molar-refractivity contribution in [3.63, 3.8) is 0 Å². The first-order valence-electron chi connectivity index (χ1n) is 9.91. The van der Waals surface area contributed by atoms with E-state index in [-0.39, 0.29) is 0 Å². The second-order valence-electron chi connectivity index (χ2n) is 7.32. The van der Waals surface area contributed by atoms with Crippen molar-refractivity contribution in [2.75, 3.05) is 6.61 Å². The average molecular weight is 353 g/mol. The number of fused-ring (bicyclic) bond motifs is 5. The van der Waals surface area contributed by atoms with Gasteiger partial charge in [0.25, 0.3) is 0 Å². The minimum atomic E-state index is 0.760. The summed E-state index contributed by atoms with van der Waals surface area (Å²) in [6.45, 7) is 2.89. The molecule has 0 unspecified atom stereocenters. The van der Waals surface area contributed by atoms with Crippen LogP contribution >= 0.6 is 0 Å². The van der Waals surface area contributed by atoms with E-state index >= 15 is 0 Å². The van der Waals surface area contributed by atoms with Gasteiger partial charge in [-0.15, -0.1) is 0 Å². The predicted octanol–water partition coefficient (Wildman–Crippen LogP) is 6.33. The third-order valence-electron chi connectivity index (χ3n) is 5.55. The fourth-order valence-corrected chi connectivity index (χ4v) is 4.31. The van der Waals surface area contributed by atoms with E-state index < -0.39 is 0 Å². The van der Waals surface area contributed by atoms with Crippen molar-refractivity contribution in [1.29, 1.82) is 0 Å². The molecule has 0 saturated carbocycles. The number of aryl methyl sites for hydroxylation is 1. The SMILES string of the molecule is CCCOc1ccc(-c2nc3ccc4ccccc4c3c3c2CCC3)cc1. The van der Waals surface area contributed by atoms with Gasteiger partial charge >= 0.3 is 0 Å². The van der Waals surface area contributed by atoms with E-state index in [9.17, 15) is 0 Å². The molecule has 0 atom stereocenters. The molecule has 1 heterocycles. The Morgan fingerprint density at radius 3 is 2.56 bits per heavy atom. The van der Waals surface area contributed by atoms with E-state index in [0.29, 0.717) is 0 Å². The second kappa shape index (κ2) is 6.70. The number of ether oxygens (including phenoxy) is 1. The van der Waals surface area contributed by atoms with Crippen LogP contribution in [-0.4, -0.2) is 11.6 Å². The van der Waals surface area contributed by atoms with E-state index in [4.69, 9.17) is 9.72 Å². The van der Waals surface area contributed by atoms with Crippen LogP contribution in [0.1, 0.15) is 30.9 Å². The predicted molar refractivity (Wildman–Crippen MR) is 112 cm³/mol. The molecule has 0 bridgehead atoms. The van der Waals surface area contributed by atoms with Gasteiger partial charge in [-0.05, 0) is 77.9 Å². The lowest BCUT2D eigenvalue weighted by Crippen LogP contribution is -1.97. The lowest BCUT2D eigenvalue weighted by molar-refractivity contribution is 0.317. The number of rotatable bonds is 4. The molecule has 0 fully saturated rings. The largest absolute Gasteiger partial charge is 0.494 e. The molecule has 0 spiro atoms. The molecule has 1 aliphatic rings. The van der Waals surface area contributed by atoms with Crippen molar-refractivity contribution >= 4 is 21.7 Å². The van der Waals surface area contributed by atoms with E-state index in [0.717, 1.165) is 42.8 Å². The van der Waals surface area contributed by atoms with Crippen molar-refractivity contribution in [3.05, 3.63) is 71.8 Å². The minimum Gasteiger partial charge on any atom is -0.494 e. The monoisotopic (exact) mass is 353 g/mol. The van der Waals surface area contributed by atoms with E-state index in [1.54, 1.807) is 0 Å². The summed E-state index contributed by atoms with van der Waals surface area (Å²) >= 11 is 0. The van der Waals surface area contributed by atoms with Crippen LogP contribution in [0.5, 0.6) is 5.75 Å². The van der Waals surface area contributed by atoms with Crippen molar-refractivity contribution in [1.82, 2.24) is 4.98 Å². The highest BCUT2D eigenvalue weighted by molar-refractivity contribution is 6.09. The molecule has 4 aromatic rings. The summed E-state index contributed by atoms with van der Waals surface area (Å²) in [5.74, 6) is 0.934. The Morgan fingerprint density at radius 1 is 0.889 bits per heavy atom. The quantitative estimate of drug-likeness (QED) is 0.400. The fourth-order valence-electron chi connectivity index (χ4n) is 4.31. The van der Waals surface area contributed by atoms with Crippen molar-refractivity contribution in [2.24, 2.45) is 0 Å².